The van der Waals surface area contributed by atoms with Gasteiger partial charge in [-0.05, 0) is 36.6 Å². The van der Waals surface area contributed by atoms with E-state index in [4.69, 9.17) is 13.9 Å². The number of hydrogen-bond acceptors (Lipinski definition) is 7. The SMILES string of the molecule is COc1cccc(OC)c1CN1CCc2nnc([C@@H](CC(C)C)NC(=O)c3ccco3)n2CC1. The molecular formula is C25H33N5O4. The van der Waals surface area contributed by atoms with Crippen molar-refractivity contribution in [3.05, 3.63) is 59.6 Å². The second kappa shape index (κ2) is 10.7. The number of methoxy groups -OCH3 is 2. The van der Waals surface area contributed by atoms with Crippen LogP contribution in [-0.2, 0) is 19.5 Å². The number of nitrogens with one attached hydrogen (secondary N) is 1. The van der Waals surface area contributed by atoms with Crippen molar-refractivity contribution in [3.8, 4) is 11.5 Å². The molecule has 9 nitrogen and oxygen atoms in total. The van der Waals surface area contributed by atoms with Gasteiger partial charge in [0, 0.05) is 32.6 Å². The number of rotatable bonds is 9. The summed E-state index contributed by atoms with van der Waals surface area (Å²) in [6.07, 6.45) is 3.03. The van der Waals surface area contributed by atoms with E-state index < -0.39 is 0 Å². The van der Waals surface area contributed by atoms with Gasteiger partial charge in [-0.3, -0.25) is 9.69 Å². The number of nitrogens with zero attached hydrogens (tertiary/aromatic N) is 4. The summed E-state index contributed by atoms with van der Waals surface area (Å²) in [5, 5.41) is 12.1. The molecule has 34 heavy (non-hydrogen) atoms. The van der Waals surface area contributed by atoms with E-state index in [1.807, 2.05) is 18.2 Å². The number of carbonyl (C=O) groups is 1. The Bertz CT molecular complexity index is 1070. The molecule has 1 aromatic carbocycles. The number of hydrogen-bond donors (Lipinski definition) is 1. The van der Waals surface area contributed by atoms with Gasteiger partial charge in [0.15, 0.2) is 11.6 Å². The Kier molecular flexibility index (Phi) is 7.52. The van der Waals surface area contributed by atoms with Crippen molar-refractivity contribution in [1.82, 2.24) is 25.0 Å². The highest BCUT2D eigenvalue weighted by atomic mass is 16.5. The zero-order valence-electron chi connectivity index (χ0n) is 20.3. The Morgan fingerprint density at radius 3 is 2.50 bits per heavy atom. The molecule has 3 aromatic rings. The van der Waals surface area contributed by atoms with Gasteiger partial charge >= 0.3 is 0 Å². The van der Waals surface area contributed by atoms with Crippen molar-refractivity contribution in [2.45, 2.75) is 45.8 Å². The number of carbonyl (C=O) groups excluding carboxylic acids is 1. The minimum Gasteiger partial charge on any atom is -0.496 e. The quantitative estimate of drug-likeness (QED) is 0.515. The molecular weight excluding hydrogens is 434 g/mol. The van der Waals surface area contributed by atoms with Gasteiger partial charge in [0.25, 0.3) is 5.91 Å². The first kappa shape index (κ1) is 23.8. The predicted octanol–water partition coefficient (Wildman–Crippen LogP) is 3.46. The van der Waals surface area contributed by atoms with Gasteiger partial charge < -0.3 is 23.8 Å². The molecule has 0 radical (unpaired) electrons. The van der Waals surface area contributed by atoms with Crippen molar-refractivity contribution in [2.24, 2.45) is 5.92 Å². The number of furan rings is 1. The van der Waals surface area contributed by atoms with Gasteiger partial charge in [-0.2, -0.15) is 0 Å². The standard InChI is InChI=1S/C25H33N5O4/c1-17(2)15-19(26-25(31)22-9-6-14-34-22)24-28-27-23-10-11-29(12-13-30(23)24)16-18-20(32-3)7-5-8-21(18)33-4/h5-9,14,17,19H,10-13,15-16H2,1-4H3,(H,26,31)/t19-/m1/s1. The molecule has 2 aromatic heterocycles. The van der Waals surface area contributed by atoms with Gasteiger partial charge in [0.1, 0.15) is 17.3 Å². The third kappa shape index (κ3) is 5.25. The highest BCUT2D eigenvalue weighted by Gasteiger charge is 2.27. The predicted molar refractivity (Wildman–Crippen MR) is 127 cm³/mol. The number of benzene rings is 1. The van der Waals surface area contributed by atoms with Crippen molar-refractivity contribution in [3.63, 3.8) is 0 Å². The second-order valence-corrected chi connectivity index (χ2v) is 8.93. The van der Waals surface area contributed by atoms with Gasteiger partial charge in [-0.15, -0.1) is 10.2 Å². The van der Waals surface area contributed by atoms with Crippen molar-refractivity contribution >= 4 is 5.91 Å². The van der Waals surface area contributed by atoms with E-state index in [9.17, 15) is 4.79 Å². The summed E-state index contributed by atoms with van der Waals surface area (Å²) in [7, 11) is 3.36. The lowest BCUT2D eigenvalue weighted by Crippen LogP contribution is -2.32. The fourth-order valence-electron chi connectivity index (χ4n) is 4.45. The number of ether oxygens (including phenoxy) is 2. The minimum atomic E-state index is -0.250. The number of amides is 1. The fourth-order valence-corrected chi connectivity index (χ4v) is 4.45. The maximum Gasteiger partial charge on any atom is 0.287 e. The lowest BCUT2D eigenvalue weighted by Gasteiger charge is -2.23. The van der Waals surface area contributed by atoms with Crippen LogP contribution in [0.15, 0.2) is 41.0 Å². The normalized spacial score (nSPS) is 15.0. The molecule has 0 saturated heterocycles. The van der Waals surface area contributed by atoms with Crippen LogP contribution in [0.3, 0.4) is 0 Å². The van der Waals surface area contributed by atoms with Crippen LogP contribution in [0.5, 0.6) is 11.5 Å². The highest BCUT2D eigenvalue weighted by Crippen LogP contribution is 2.30. The van der Waals surface area contributed by atoms with Gasteiger partial charge in [0.05, 0.1) is 32.1 Å². The summed E-state index contributed by atoms with van der Waals surface area (Å²) in [6, 6.07) is 8.97. The molecule has 0 saturated carbocycles. The van der Waals surface area contributed by atoms with Crippen molar-refractivity contribution < 1.29 is 18.7 Å². The van der Waals surface area contributed by atoms with Crippen LogP contribution in [0.2, 0.25) is 0 Å². The van der Waals surface area contributed by atoms with E-state index in [2.05, 4.69) is 38.8 Å². The first-order valence-corrected chi connectivity index (χ1v) is 11.7. The Morgan fingerprint density at radius 2 is 1.85 bits per heavy atom. The smallest absolute Gasteiger partial charge is 0.287 e. The molecule has 0 aliphatic carbocycles. The first-order valence-electron chi connectivity index (χ1n) is 11.7. The molecule has 0 fully saturated rings. The molecule has 1 aliphatic rings. The molecule has 0 spiro atoms. The largest absolute Gasteiger partial charge is 0.496 e. The monoisotopic (exact) mass is 467 g/mol. The van der Waals surface area contributed by atoms with E-state index in [-0.39, 0.29) is 11.9 Å². The van der Waals surface area contributed by atoms with Crippen LogP contribution in [0.1, 0.15) is 54.1 Å². The maximum atomic E-state index is 12.7. The second-order valence-electron chi connectivity index (χ2n) is 8.93. The topological polar surface area (TPSA) is 94.7 Å². The van der Waals surface area contributed by atoms with E-state index in [1.54, 1.807) is 26.4 Å². The highest BCUT2D eigenvalue weighted by molar-refractivity contribution is 5.91. The zero-order valence-corrected chi connectivity index (χ0v) is 20.3. The molecule has 1 N–H and O–H groups in total. The van der Waals surface area contributed by atoms with Gasteiger partial charge in [0.2, 0.25) is 0 Å². The van der Waals surface area contributed by atoms with Gasteiger partial charge in [-0.25, -0.2) is 0 Å². The molecule has 0 bridgehead atoms. The van der Waals surface area contributed by atoms with Crippen LogP contribution in [0.4, 0.5) is 0 Å². The molecule has 182 valence electrons. The van der Waals surface area contributed by atoms with Crippen LogP contribution >= 0.6 is 0 Å². The van der Waals surface area contributed by atoms with Crippen molar-refractivity contribution in [2.75, 3.05) is 27.3 Å². The van der Waals surface area contributed by atoms with Crippen LogP contribution in [0, 0.1) is 5.92 Å². The Labute approximate surface area is 200 Å². The molecule has 1 atom stereocenters. The summed E-state index contributed by atoms with van der Waals surface area (Å²) in [4.78, 5) is 15.1. The summed E-state index contributed by atoms with van der Waals surface area (Å²) in [6.45, 7) is 7.38. The van der Waals surface area contributed by atoms with Crippen LogP contribution in [0.25, 0.3) is 0 Å². The molecule has 0 unspecified atom stereocenters. The fraction of sp³-hybridized carbons (Fsp3) is 0.480. The Morgan fingerprint density at radius 1 is 1.09 bits per heavy atom. The van der Waals surface area contributed by atoms with E-state index in [0.29, 0.717) is 18.2 Å². The lowest BCUT2D eigenvalue weighted by atomic mass is 10.0. The summed E-state index contributed by atoms with van der Waals surface area (Å²) >= 11 is 0. The van der Waals surface area contributed by atoms with E-state index in [1.165, 1.54) is 6.26 Å². The minimum absolute atomic E-state index is 0.244. The average Bonchev–Trinajstić information content (AvgIpc) is 3.46. The summed E-state index contributed by atoms with van der Waals surface area (Å²) in [5.41, 5.74) is 1.04. The van der Waals surface area contributed by atoms with E-state index >= 15 is 0 Å². The third-order valence-corrected chi connectivity index (χ3v) is 6.13. The molecule has 4 rings (SSSR count). The van der Waals surface area contributed by atoms with Crippen LogP contribution in [-0.4, -0.2) is 52.9 Å². The first-order chi connectivity index (χ1) is 16.5. The van der Waals surface area contributed by atoms with Crippen molar-refractivity contribution in [1.29, 1.82) is 0 Å². The maximum absolute atomic E-state index is 12.7. The average molecular weight is 468 g/mol. The number of fused-ring (bicyclic) bond motifs is 1. The molecule has 3 heterocycles. The van der Waals surface area contributed by atoms with Crippen LogP contribution < -0.4 is 14.8 Å². The number of aromatic nitrogens is 3. The molecule has 9 heteroatoms. The van der Waals surface area contributed by atoms with E-state index in [0.717, 1.165) is 61.2 Å². The zero-order chi connectivity index (χ0) is 24.1. The van der Waals surface area contributed by atoms with Gasteiger partial charge in [-0.1, -0.05) is 19.9 Å². The Hall–Kier alpha value is -3.33. The third-order valence-electron chi connectivity index (χ3n) is 6.13. The Balaban J connectivity index is 1.52. The lowest BCUT2D eigenvalue weighted by molar-refractivity contribution is 0.0900. The summed E-state index contributed by atoms with van der Waals surface area (Å²) in [5.74, 6) is 3.79. The molecule has 1 amide bonds. The summed E-state index contributed by atoms with van der Waals surface area (Å²) < 4.78 is 18.6. The molecule has 1 aliphatic heterocycles.